The highest BCUT2D eigenvalue weighted by molar-refractivity contribution is 9.10. The van der Waals surface area contributed by atoms with Gasteiger partial charge in [-0.05, 0) is 45.6 Å². The second-order valence-corrected chi connectivity index (χ2v) is 8.91. The van der Waals surface area contributed by atoms with Crippen molar-refractivity contribution >= 4 is 44.2 Å². The summed E-state index contributed by atoms with van der Waals surface area (Å²) in [6.45, 7) is 2.12. The maximum atomic E-state index is 13.2. The molecule has 2 amide bonds. The zero-order valence-electron chi connectivity index (χ0n) is 17.5. The summed E-state index contributed by atoms with van der Waals surface area (Å²) in [5.74, 6) is 1.13. The second kappa shape index (κ2) is 8.82. The number of nitrogens with zero attached hydrogens (tertiary/aromatic N) is 1. The van der Waals surface area contributed by atoms with Crippen LogP contribution in [0.1, 0.15) is 23.2 Å². The summed E-state index contributed by atoms with van der Waals surface area (Å²) < 4.78 is 11.9. The molecule has 164 valence electrons. The highest BCUT2D eigenvalue weighted by atomic mass is 79.9. The van der Waals surface area contributed by atoms with Gasteiger partial charge >= 0.3 is 0 Å². The molecule has 0 unspecified atom stereocenters. The van der Waals surface area contributed by atoms with E-state index in [1.165, 1.54) is 0 Å². The largest absolute Gasteiger partial charge is 0.486 e. The number of anilines is 1. The average molecular weight is 495 g/mol. The molecule has 5 rings (SSSR count). The lowest BCUT2D eigenvalue weighted by Crippen LogP contribution is -2.41. The molecule has 0 radical (unpaired) electrons. The maximum absolute atomic E-state index is 13.2. The topological polar surface area (TPSA) is 67.9 Å². The fourth-order valence-corrected chi connectivity index (χ4v) is 4.74. The Morgan fingerprint density at radius 2 is 1.62 bits per heavy atom. The zero-order chi connectivity index (χ0) is 22.1. The van der Waals surface area contributed by atoms with Crippen molar-refractivity contribution in [1.29, 1.82) is 0 Å². The Morgan fingerprint density at radius 1 is 0.938 bits per heavy atom. The summed E-state index contributed by atoms with van der Waals surface area (Å²) in [5.41, 5.74) is 1.37. The van der Waals surface area contributed by atoms with E-state index in [2.05, 4.69) is 21.2 Å². The molecule has 2 aliphatic rings. The molecular formula is C25H23BrN2O4. The standard InChI is InChI=1S/C25H23BrN2O4/c26-20-14-22-23(32-13-12-31-22)15-21(20)27-24(29)17-8-10-28(11-9-17)25(30)19-7-3-5-16-4-1-2-6-18(16)19/h1-7,14-15,17H,8-13H2,(H,27,29). The lowest BCUT2D eigenvalue weighted by Gasteiger charge is -2.32. The molecule has 7 heteroatoms. The molecule has 1 fully saturated rings. The van der Waals surface area contributed by atoms with Gasteiger partial charge in [0.05, 0.1) is 5.69 Å². The summed E-state index contributed by atoms with van der Waals surface area (Å²) in [6, 6.07) is 17.3. The van der Waals surface area contributed by atoms with Crippen molar-refractivity contribution in [3.63, 3.8) is 0 Å². The molecule has 0 aromatic heterocycles. The monoisotopic (exact) mass is 494 g/mol. The fourth-order valence-electron chi connectivity index (χ4n) is 4.32. The number of nitrogens with one attached hydrogen (secondary N) is 1. The minimum atomic E-state index is -0.147. The van der Waals surface area contributed by atoms with Crippen LogP contribution in [0.5, 0.6) is 11.5 Å². The van der Waals surface area contributed by atoms with Crippen molar-refractivity contribution in [3.8, 4) is 11.5 Å². The third-order valence-corrected chi connectivity index (χ3v) is 6.72. The average Bonchev–Trinajstić information content (AvgIpc) is 2.84. The van der Waals surface area contributed by atoms with Gasteiger partial charge in [0.1, 0.15) is 13.2 Å². The Labute approximate surface area is 194 Å². The maximum Gasteiger partial charge on any atom is 0.254 e. The highest BCUT2D eigenvalue weighted by Gasteiger charge is 2.29. The van der Waals surface area contributed by atoms with Gasteiger partial charge in [0, 0.05) is 41.2 Å². The van der Waals surface area contributed by atoms with E-state index in [0.717, 1.165) is 15.2 Å². The van der Waals surface area contributed by atoms with Gasteiger partial charge in [-0.3, -0.25) is 9.59 Å². The number of ether oxygens (including phenoxy) is 2. The molecule has 3 aromatic carbocycles. The third-order valence-electron chi connectivity index (χ3n) is 6.06. The molecule has 0 atom stereocenters. The SMILES string of the molecule is O=C(Nc1cc2c(cc1Br)OCCO2)C1CCN(C(=O)c2cccc3ccccc23)CC1. The van der Waals surface area contributed by atoms with E-state index in [4.69, 9.17) is 9.47 Å². The zero-order valence-corrected chi connectivity index (χ0v) is 19.1. The number of halogens is 1. The van der Waals surface area contributed by atoms with Crippen LogP contribution in [0.2, 0.25) is 0 Å². The van der Waals surface area contributed by atoms with Crippen LogP contribution in [0.4, 0.5) is 5.69 Å². The van der Waals surface area contributed by atoms with Gasteiger partial charge in [-0.1, -0.05) is 36.4 Å². The van der Waals surface area contributed by atoms with Gasteiger partial charge in [-0.2, -0.15) is 0 Å². The quantitative estimate of drug-likeness (QED) is 0.564. The van der Waals surface area contributed by atoms with Gasteiger partial charge in [0.2, 0.25) is 5.91 Å². The van der Waals surface area contributed by atoms with Crippen LogP contribution in [0.3, 0.4) is 0 Å². The first-order valence-electron chi connectivity index (χ1n) is 10.8. The lowest BCUT2D eigenvalue weighted by atomic mass is 9.94. The van der Waals surface area contributed by atoms with E-state index in [1.807, 2.05) is 53.4 Å². The molecular weight excluding hydrogens is 472 g/mol. The van der Waals surface area contributed by atoms with Crippen LogP contribution in [0.25, 0.3) is 10.8 Å². The van der Waals surface area contributed by atoms with Gasteiger partial charge in [-0.15, -0.1) is 0 Å². The van der Waals surface area contributed by atoms with E-state index in [1.54, 1.807) is 6.07 Å². The molecule has 6 nitrogen and oxygen atoms in total. The number of hydrogen-bond donors (Lipinski definition) is 1. The van der Waals surface area contributed by atoms with Crippen molar-refractivity contribution in [2.75, 3.05) is 31.6 Å². The molecule has 1 N–H and O–H groups in total. The van der Waals surface area contributed by atoms with E-state index >= 15 is 0 Å². The van der Waals surface area contributed by atoms with Crippen molar-refractivity contribution < 1.29 is 19.1 Å². The number of hydrogen-bond acceptors (Lipinski definition) is 4. The summed E-state index contributed by atoms with van der Waals surface area (Å²) >= 11 is 3.50. The first kappa shape index (κ1) is 20.8. The van der Waals surface area contributed by atoms with E-state index in [-0.39, 0.29) is 17.7 Å². The number of likely N-dealkylation sites (tertiary alicyclic amines) is 1. The van der Waals surface area contributed by atoms with Crippen molar-refractivity contribution in [1.82, 2.24) is 4.90 Å². The van der Waals surface area contributed by atoms with Crippen LogP contribution in [0.15, 0.2) is 59.1 Å². The Balaban J connectivity index is 1.24. The molecule has 32 heavy (non-hydrogen) atoms. The Morgan fingerprint density at radius 3 is 2.41 bits per heavy atom. The first-order chi connectivity index (χ1) is 15.6. The van der Waals surface area contributed by atoms with Gasteiger partial charge in [-0.25, -0.2) is 0 Å². The van der Waals surface area contributed by atoms with Crippen LogP contribution < -0.4 is 14.8 Å². The highest BCUT2D eigenvalue weighted by Crippen LogP contribution is 2.38. The predicted octanol–water partition coefficient (Wildman–Crippen LogP) is 4.86. The minimum Gasteiger partial charge on any atom is -0.486 e. The summed E-state index contributed by atoms with van der Waals surface area (Å²) in [6.07, 6.45) is 1.26. The predicted molar refractivity (Wildman–Crippen MR) is 126 cm³/mol. The number of piperidine rings is 1. The van der Waals surface area contributed by atoms with Crippen molar-refractivity contribution in [2.24, 2.45) is 5.92 Å². The fraction of sp³-hybridized carbons (Fsp3) is 0.280. The molecule has 3 aromatic rings. The molecule has 0 aliphatic carbocycles. The molecule has 2 heterocycles. The minimum absolute atomic E-state index is 0.0234. The third kappa shape index (κ3) is 4.05. The molecule has 0 saturated carbocycles. The molecule has 0 spiro atoms. The van der Waals surface area contributed by atoms with Gasteiger partial charge < -0.3 is 19.7 Å². The van der Waals surface area contributed by atoms with Crippen LogP contribution in [0, 0.1) is 5.92 Å². The number of amides is 2. The lowest BCUT2D eigenvalue weighted by molar-refractivity contribution is -0.121. The van der Waals surface area contributed by atoms with E-state index < -0.39 is 0 Å². The summed E-state index contributed by atoms with van der Waals surface area (Å²) in [5, 5.41) is 5.02. The number of fused-ring (bicyclic) bond motifs is 2. The van der Waals surface area contributed by atoms with E-state index in [9.17, 15) is 9.59 Å². The smallest absolute Gasteiger partial charge is 0.254 e. The van der Waals surface area contributed by atoms with Crippen LogP contribution >= 0.6 is 15.9 Å². The Kier molecular flexibility index (Phi) is 5.74. The number of carbonyl (C=O) groups is 2. The van der Waals surface area contributed by atoms with Gasteiger partial charge in [0.15, 0.2) is 11.5 Å². The van der Waals surface area contributed by atoms with Gasteiger partial charge in [0.25, 0.3) is 5.91 Å². The van der Waals surface area contributed by atoms with Crippen molar-refractivity contribution in [2.45, 2.75) is 12.8 Å². The second-order valence-electron chi connectivity index (χ2n) is 8.06. The molecule has 0 bridgehead atoms. The normalized spacial score (nSPS) is 16.1. The van der Waals surface area contributed by atoms with Crippen molar-refractivity contribution in [3.05, 3.63) is 64.6 Å². The molecule has 2 aliphatic heterocycles. The summed E-state index contributed by atoms with van der Waals surface area (Å²) in [4.78, 5) is 27.9. The summed E-state index contributed by atoms with van der Waals surface area (Å²) in [7, 11) is 0. The first-order valence-corrected chi connectivity index (χ1v) is 11.6. The van der Waals surface area contributed by atoms with Crippen LogP contribution in [-0.2, 0) is 4.79 Å². The molecule has 1 saturated heterocycles. The number of carbonyl (C=O) groups excluding carboxylic acids is 2. The van der Waals surface area contributed by atoms with E-state index in [0.29, 0.717) is 61.9 Å². The number of rotatable bonds is 3. The number of benzene rings is 3. The Bertz CT molecular complexity index is 1180. The van der Waals surface area contributed by atoms with Crippen LogP contribution in [-0.4, -0.2) is 43.0 Å². The Hall–Kier alpha value is -3.06.